The van der Waals surface area contributed by atoms with Gasteiger partial charge in [0.25, 0.3) is 0 Å². The number of aromatic carboxylic acids is 1. The van der Waals surface area contributed by atoms with Gasteiger partial charge >= 0.3 is 16.4 Å². The van der Waals surface area contributed by atoms with Gasteiger partial charge in [0.05, 0.1) is 0 Å². The van der Waals surface area contributed by atoms with Crippen LogP contribution in [0.5, 0.6) is 5.75 Å². The van der Waals surface area contributed by atoms with Crippen LogP contribution in [0.3, 0.4) is 0 Å². The first-order chi connectivity index (χ1) is 7.40. The van der Waals surface area contributed by atoms with Crippen molar-refractivity contribution in [1.29, 1.82) is 0 Å². The first-order valence-electron chi connectivity index (χ1n) is 3.97. The fraction of sp³-hybridized carbons (Fsp3) is 0.125. The van der Waals surface area contributed by atoms with Gasteiger partial charge in [-0.25, -0.2) is 4.79 Å². The molecule has 0 saturated carbocycles. The molecule has 0 amide bonds. The molecular formula is C8H11NO6S. The van der Waals surface area contributed by atoms with Crippen molar-refractivity contribution in [1.82, 2.24) is 0 Å². The molecule has 1 aromatic carbocycles. The number of rotatable bonds is 3. The van der Waals surface area contributed by atoms with E-state index in [9.17, 15) is 13.2 Å². The van der Waals surface area contributed by atoms with Crippen molar-refractivity contribution >= 4 is 16.4 Å². The van der Waals surface area contributed by atoms with E-state index in [1.165, 1.54) is 19.2 Å². The summed E-state index contributed by atoms with van der Waals surface area (Å²) in [5.74, 6) is -1.77. The highest BCUT2D eigenvalue weighted by molar-refractivity contribution is 7.81. The van der Waals surface area contributed by atoms with E-state index in [0.29, 0.717) is 0 Å². The molecule has 16 heavy (non-hydrogen) atoms. The van der Waals surface area contributed by atoms with Crippen molar-refractivity contribution in [2.45, 2.75) is 0 Å². The summed E-state index contributed by atoms with van der Waals surface area (Å²) in [5.41, 5.74) is 4.16. The lowest BCUT2D eigenvalue weighted by Crippen LogP contribution is -2.10. The predicted molar refractivity (Wildman–Crippen MR) is 55.7 cm³/mol. The second kappa shape index (κ2) is 6.05. The van der Waals surface area contributed by atoms with E-state index < -0.39 is 22.1 Å². The Morgan fingerprint density at radius 1 is 1.31 bits per heavy atom. The Kier molecular flexibility index (Phi) is 5.43. The molecule has 0 spiro atoms. The minimum atomic E-state index is -4.70. The van der Waals surface area contributed by atoms with E-state index in [1.54, 1.807) is 0 Å². The van der Waals surface area contributed by atoms with Crippen LogP contribution in [0, 0.1) is 0 Å². The van der Waals surface area contributed by atoms with Crippen LogP contribution in [-0.2, 0) is 10.4 Å². The van der Waals surface area contributed by atoms with Crippen molar-refractivity contribution in [3.05, 3.63) is 29.8 Å². The fourth-order valence-corrected chi connectivity index (χ4v) is 1.20. The van der Waals surface area contributed by atoms with E-state index in [0.717, 1.165) is 12.1 Å². The molecule has 0 radical (unpaired) electrons. The Balaban J connectivity index is 0.00000106. The maximum Gasteiger partial charge on any atom is 0.446 e. The van der Waals surface area contributed by atoms with Crippen LogP contribution in [0.1, 0.15) is 10.4 Å². The molecule has 0 aromatic heterocycles. The Morgan fingerprint density at radius 3 is 2.25 bits per heavy atom. The number of carboxylic acid groups (broad SMARTS) is 1. The first kappa shape index (κ1) is 14.4. The highest BCUT2D eigenvalue weighted by atomic mass is 32.3. The Labute approximate surface area is 92.4 Å². The topological polar surface area (TPSA) is 127 Å². The number of para-hydroxylation sites is 1. The molecule has 8 heteroatoms. The molecule has 0 unspecified atom stereocenters. The summed E-state index contributed by atoms with van der Waals surface area (Å²) in [4.78, 5) is 10.6. The van der Waals surface area contributed by atoms with Gasteiger partial charge in [0, 0.05) is 0 Å². The molecule has 0 atom stereocenters. The van der Waals surface area contributed by atoms with Crippen molar-refractivity contribution in [3.8, 4) is 5.75 Å². The van der Waals surface area contributed by atoms with Crippen LogP contribution in [-0.4, -0.2) is 31.1 Å². The number of carboxylic acids is 1. The standard InChI is InChI=1S/C7H6O6S.CH5N/c8-7(9)5-3-1-2-4-6(5)13-14(10,11)12;1-2/h1-4H,(H,8,9)(H,10,11,12);2H2,1H3. The molecule has 7 nitrogen and oxygen atoms in total. The average Bonchev–Trinajstić information content (AvgIpc) is 2.19. The van der Waals surface area contributed by atoms with Gasteiger partial charge in [-0.15, -0.1) is 0 Å². The molecule has 0 aliphatic heterocycles. The van der Waals surface area contributed by atoms with E-state index >= 15 is 0 Å². The molecule has 0 saturated heterocycles. The number of hydrogen-bond donors (Lipinski definition) is 3. The van der Waals surface area contributed by atoms with Crippen LogP contribution in [0.15, 0.2) is 24.3 Å². The molecule has 4 N–H and O–H groups in total. The summed E-state index contributed by atoms with van der Waals surface area (Å²) in [7, 11) is -3.20. The van der Waals surface area contributed by atoms with Crippen LogP contribution < -0.4 is 9.92 Å². The zero-order chi connectivity index (χ0) is 12.8. The monoisotopic (exact) mass is 249 g/mol. The molecule has 1 aromatic rings. The lowest BCUT2D eigenvalue weighted by atomic mass is 10.2. The number of carbonyl (C=O) groups is 1. The minimum Gasteiger partial charge on any atom is -0.478 e. The predicted octanol–water partition coefficient (Wildman–Crippen LogP) is 0.141. The van der Waals surface area contributed by atoms with Crippen LogP contribution in [0.4, 0.5) is 0 Å². The third-order valence-electron chi connectivity index (χ3n) is 1.31. The van der Waals surface area contributed by atoms with Crippen LogP contribution in [0.25, 0.3) is 0 Å². The SMILES string of the molecule is CN.O=C(O)c1ccccc1OS(=O)(=O)O. The quantitative estimate of drug-likeness (QED) is 0.650. The van der Waals surface area contributed by atoms with Crippen LogP contribution in [0.2, 0.25) is 0 Å². The van der Waals surface area contributed by atoms with Gasteiger partial charge in [-0.1, -0.05) is 12.1 Å². The van der Waals surface area contributed by atoms with Crippen molar-refractivity contribution in [2.24, 2.45) is 5.73 Å². The normalized spacial score (nSPS) is 9.94. The zero-order valence-corrected chi connectivity index (χ0v) is 9.14. The summed E-state index contributed by atoms with van der Waals surface area (Å²) in [5, 5.41) is 8.61. The Bertz CT molecular complexity index is 455. The van der Waals surface area contributed by atoms with E-state index in [-0.39, 0.29) is 5.56 Å². The second-order valence-corrected chi connectivity index (χ2v) is 3.33. The smallest absolute Gasteiger partial charge is 0.446 e. The Morgan fingerprint density at radius 2 is 1.81 bits per heavy atom. The molecular weight excluding hydrogens is 238 g/mol. The van der Waals surface area contributed by atoms with Gasteiger partial charge < -0.3 is 15.0 Å². The van der Waals surface area contributed by atoms with E-state index in [1.807, 2.05) is 0 Å². The fourth-order valence-electron chi connectivity index (χ4n) is 0.829. The molecule has 0 fully saturated rings. The molecule has 90 valence electrons. The third kappa shape index (κ3) is 4.73. The maximum absolute atomic E-state index is 10.6. The number of hydrogen-bond acceptors (Lipinski definition) is 5. The maximum atomic E-state index is 10.6. The lowest BCUT2D eigenvalue weighted by Gasteiger charge is -2.03. The van der Waals surface area contributed by atoms with Crippen molar-refractivity contribution in [3.63, 3.8) is 0 Å². The minimum absolute atomic E-state index is 0.342. The van der Waals surface area contributed by atoms with Gasteiger partial charge in [-0.05, 0) is 19.2 Å². The molecule has 0 aliphatic rings. The Hall–Kier alpha value is -1.64. The second-order valence-electron chi connectivity index (χ2n) is 2.31. The van der Waals surface area contributed by atoms with Gasteiger partial charge in [-0.2, -0.15) is 8.42 Å². The molecule has 0 heterocycles. The van der Waals surface area contributed by atoms with Gasteiger partial charge in [0.15, 0.2) is 5.75 Å². The van der Waals surface area contributed by atoms with Crippen molar-refractivity contribution in [2.75, 3.05) is 7.05 Å². The summed E-state index contributed by atoms with van der Waals surface area (Å²) < 4.78 is 33.0. The van der Waals surface area contributed by atoms with Gasteiger partial charge in [0.1, 0.15) is 5.56 Å². The summed E-state index contributed by atoms with van der Waals surface area (Å²) in [6, 6.07) is 5.06. The number of nitrogens with two attached hydrogens (primary N) is 1. The number of benzene rings is 1. The first-order valence-corrected chi connectivity index (χ1v) is 5.33. The summed E-state index contributed by atoms with van der Waals surface area (Å²) in [6.07, 6.45) is 0. The molecule has 1 rings (SSSR count). The van der Waals surface area contributed by atoms with Crippen LogP contribution >= 0.6 is 0 Å². The largest absolute Gasteiger partial charge is 0.478 e. The van der Waals surface area contributed by atoms with Crippen molar-refractivity contribution < 1.29 is 27.1 Å². The highest BCUT2D eigenvalue weighted by Crippen LogP contribution is 2.18. The third-order valence-corrected chi connectivity index (χ3v) is 1.70. The molecule has 0 aliphatic carbocycles. The van der Waals surface area contributed by atoms with E-state index in [2.05, 4.69) is 9.92 Å². The van der Waals surface area contributed by atoms with E-state index in [4.69, 9.17) is 9.66 Å². The highest BCUT2D eigenvalue weighted by Gasteiger charge is 2.15. The summed E-state index contributed by atoms with van der Waals surface area (Å²) in [6.45, 7) is 0. The average molecular weight is 249 g/mol. The lowest BCUT2D eigenvalue weighted by molar-refractivity contribution is 0.0695. The molecule has 0 bridgehead atoms. The van der Waals surface area contributed by atoms with Gasteiger partial charge in [-0.3, -0.25) is 4.55 Å². The summed E-state index contributed by atoms with van der Waals surface area (Å²) >= 11 is 0. The van der Waals surface area contributed by atoms with Gasteiger partial charge in [0.2, 0.25) is 0 Å². The zero-order valence-electron chi connectivity index (χ0n) is 8.32.